The second-order valence-corrected chi connectivity index (χ2v) is 6.83. The lowest BCUT2D eigenvalue weighted by molar-refractivity contribution is -0.184. The van der Waals surface area contributed by atoms with E-state index in [9.17, 15) is 9.59 Å². The van der Waals surface area contributed by atoms with Gasteiger partial charge in [-0.1, -0.05) is 6.92 Å². The summed E-state index contributed by atoms with van der Waals surface area (Å²) < 4.78 is 5.43. The average molecular weight is 282 g/mol. The number of hydrogen-bond donors (Lipinski definition) is 0. The number of morpholine rings is 1. The molecule has 2 fully saturated rings. The van der Waals surface area contributed by atoms with Crippen LogP contribution in [0.4, 0.5) is 0 Å². The minimum atomic E-state index is -0.529. The molecule has 0 N–H and O–H groups in total. The SMILES string of the molecule is CC[C@]12CC[C@H](CC(=O)N(C)C)N1C(C)(C)COC2=O. The van der Waals surface area contributed by atoms with Crippen LogP contribution in [0, 0.1) is 0 Å². The maximum absolute atomic E-state index is 12.3. The van der Waals surface area contributed by atoms with Gasteiger partial charge in [-0.25, -0.2) is 0 Å². The van der Waals surface area contributed by atoms with Crippen molar-refractivity contribution in [1.29, 1.82) is 0 Å². The van der Waals surface area contributed by atoms with Gasteiger partial charge in [-0.15, -0.1) is 0 Å². The molecule has 2 saturated heterocycles. The quantitative estimate of drug-likeness (QED) is 0.735. The molecule has 2 aliphatic rings. The summed E-state index contributed by atoms with van der Waals surface area (Å²) in [6.07, 6.45) is 2.89. The van der Waals surface area contributed by atoms with Crippen LogP contribution in [0.1, 0.15) is 46.5 Å². The molecular weight excluding hydrogens is 256 g/mol. The van der Waals surface area contributed by atoms with Crippen molar-refractivity contribution in [3.63, 3.8) is 0 Å². The third-order valence-electron chi connectivity index (χ3n) is 4.80. The van der Waals surface area contributed by atoms with Crippen LogP contribution in [-0.2, 0) is 14.3 Å². The van der Waals surface area contributed by atoms with Gasteiger partial charge in [0, 0.05) is 26.6 Å². The van der Waals surface area contributed by atoms with E-state index in [1.165, 1.54) is 0 Å². The highest BCUT2D eigenvalue weighted by atomic mass is 16.5. The molecule has 5 nitrogen and oxygen atoms in total. The van der Waals surface area contributed by atoms with Crippen molar-refractivity contribution in [1.82, 2.24) is 9.80 Å². The number of nitrogens with zero attached hydrogens (tertiary/aromatic N) is 2. The number of hydrogen-bond acceptors (Lipinski definition) is 4. The highest BCUT2D eigenvalue weighted by Gasteiger charge is 2.59. The second-order valence-electron chi connectivity index (χ2n) is 6.83. The van der Waals surface area contributed by atoms with E-state index in [1.807, 2.05) is 6.92 Å². The molecule has 0 aromatic rings. The van der Waals surface area contributed by atoms with Gasteiger partial charge in [0.15, 0.2) is 0 Å². The minimum absolute atomic E-state index is 0.112. The smallest absolute Gasteiger partial charge is 0.326 e. The maximum Gasteiger partial charge on any atom is 0.326 e. The van der Waals surface area contributed by atoms with Gasteiger partial charge in [-0.2, -0.15) is 0 Å². The van der Waals surface area contributed by atoms with E-state index in [4.69, 9.17) is 4.74 Å². The predicted octanol–water partition coefficient (Wildman–Crippen LogP) is 1.41. The van der Waals surface area contributed by atoms with Crippen LogP contribution >= 0.6 is 0 Å². The van der Waals surface area contributed by atoms with Gasteiger partial charge in [0.2, 0.25) is 5.91 Å². The number of esters is 1. The fourth-order valence-corrected chi connectivity index (χ4v) is 3.79. The summed E-state index contributed by atoms with van der Waals surface area (Å²) in [5.41, 5.74) is -0.739. The van der Waals surface area contributed by atoms with Gasteiger partial charge in [0.1, 0.15) is 12.1 Å². The van der Waals surface area contributed by atoms with Crippen molar-refractivity contribution in [2.24, 2.45) is 0 Å². The normalized spacial score (nSPS) is 32.6. The molecule has 0 bridgehead atoms. The first-order valence-corrected chi connectivity index (χ1v) is 7.41. The van der Waals surface area contributed by atoms with E-state index in [0.29, 0.717) is 13.0 Å². The summed E-state index contributed by atoms with van der Waals surface area (Å²) in [6, 6.07) is 0.132. The topological polar surface area (TPSA) is 49.9 Å². The number of rotatable bonds is 3. The molecule has 0 aliphatic carbocycles. The number of carbonyl (C=O) groups is 2. The Morgan fingerprint density at radius 1 is 1.45 bits per heavy atom. The van der Waals surface area contributed by atoms with Gasteiger partial charge in [-0.05, 0) is 33.1 Å². The summed E-state index contributed by atoms with van der Waals surface area (Å²) in [4.78, 5) is 28.3. The Morgan fingerprint density at radius 3 is 2.65 bits per heavy atom. The molecule has 0 spiro atoms. The Bertz CT molecular complexity index is 419. The van der Waals surface area contributed by atoms with Crippen LogP contribution in [0.3, 0.4) is 0 Å². The number of amides is 1. The van der Waals surface area contributed by atoms with Gasteiger partial charge in [0.25, 0.3) is 0 Å². The van der Waals surface area contributed by atoms with Gasteiger partial charge >= 0.3 is 5.97 Å². The fourth-order valence-electron chi connectivity index (χ4n) is 3.79. The molecule has 2 atom stereocenters. The minimum Gasteiger partial charge on any atom is -0.462 e. The molecule has 2 rings (SSSR count). The van der Waals surface area contributed by atoms with E-state index in [0.717, 1.165) is 19.3 Å². The van der Waals surface area contributed by atoms with E-state index >= 15 is 0 Å². The van der Waals surface area contributed by atoms with E-state index in [1.54, 1.807) is 19.0 Å². The first-order valence-electron chi connectivity index (χ1n) is 7.41. The van der Waals surface area contributed by atoms with Crippen molar-refractivity contribution >= 4 is 11.9 Å². The number of ether oxygens (including phenoxy) is 1. The van der Waals surface area contributed by atoms with Crippen LogP contribution in [0.5, 0.6) is 0 Å². The summed E-state index contributed by atoms with van der Waals surface area (Å²) in [7, 11) is 3.56. The fraction of sp³-hybridized carbons (Fsp3) is 0.867. The average Bonchev–Trinajstić information content (AvgIpc) is 2.76. The number of cyclic esters (lactones) is 1. The largest absolute Gasteiger partial charge is 0.462 e. The van der Waals surface area contributed by atoms with Crippen LogP contribution in [0.2, 0.25) is 0 Å². The lowest BCUT2D eigenvalue weighted by atomic mass is 9.86. The third-order valence-corrected chi connectivity index (χ3v) is 4.80. The van der Waals surface area contributed by atoms with Gasteiger partial charge < -0.3 is 9.64 Å². The molecule has 5 heteroatoms. The van der Waals surface area contributed by atoms with Crippen molar-refractivity contribution < 1.29 is 14.3 Å². The Morgan fingerprint density at radius 2 is 2.10 bits per heavy atom. The van der Waals surface area contributed by atoms with Crippen molar-refractivity contribution in [3.05, 3.63) is 0 Å². The molecule has 1 amide bonds. The molecule has 0 aromatic heterocycles. The van der Waals surface area contributed by atoms with Crippen molar-refractivity contribution in [2.75, 3.05) is 20.7 Å². The van der Waals surface area contributed by atoms with Crippen molar-refractivity contribution in [3.8, 4) is 0 Å². The summed E-state index contributed by atoms with van der Waals surface area (Å²) in [5.74, 6) is 0.00997. The summed E-state index contributed by atoms with van der Waals surface area (Å²) in [5, 5.41) is 0. The molecule has 0 saturated carbocycles. The Kier molecular flexibility index (Phi) is 3.84. The zero-order valence-corrected chi connectivity index (χ0v) is 13.2. The van der Waals surface area contributed by atoms with Gasteiger partial charge in [-0.3, -0.25) is 14.5 Å². The van der Waals surface area contributed by atoms with Crippen LogP contribution in [0.25, 0.3) is 0 Å². The number of fused-ring (bicyclic) bond motifs is 1. The maximum atomic E-state index is 12.3. The van der Waals surface area contributed by atoms with Crippen LogP contribution < -0.4 is 0 Å². The van der Waals surface area contributed by atoms with E-state index in [2.05, 4.69) is 18.7 Å². The Hall–Kier alpha value is -1.10. The molecule has 0 radical (unpaired) electrons. The molecular formula is C15H26N2O3. The van der Waals surface area contributed by atoms with Crippen molar-refractivity contribution in [2.45, 2.75) is 63.6 Å². The molecule has 0 aromatic carbocycles. The van der Waals surface area contributed by atoms with E-state index in [-0.39, 0.29) is 23.5 Å². The van der Waals surface area contributed by atoms with Crippen LogP contribution in [0.15, 0.2) is 0 Å². The predicted molar refractivity (Wildman–Crippen MR) is 76.2 cm³/mol. The Labute approximate surface area is 121 Å². The molecule has 2 aliphatic heterocycles. The Balaban J connectivity index is 2.30. The monoisotopic (exact) mass is 282 g/mol. The standard InChI is InChI=1S/C15H26N2O3/c1-6-15-8-7-11(9-12(18)16(4)5)17(15)14(2,3)10-20-13(15)19/h11H,6-10H2,1-5H3/t11-,15-/m1/s1. The first-order chi connectivity index (χ1) is 9.24. The zero-order valence-electron chi connectivity index (χ0n) is 13.2. The molecule has 2 heterocycles. The summed E-state index contributed by atoms with van der Waals surface area (Å²) >= 11 is 0. The highest BCUT2D eigenvalue weighted by Crippen LogP contribution is 2.46. The molecule has 0 unspecified atom stereocenters. The zero-order chi connectivity index (χ0) is 15.1. The van der Waals surface area contributed by atoms with E-state index < -0.39 is 5.54 Å². The third kappa shape index (κ3) is 2.22. The highest BCUT2D eigenvalue weighted by molar-refractivity contribution is 5.83. The van der Waals surface area contributed by atoms with Crippen LogP contribution in [-0.4, -0.2) is 59.5 Å². The second kappa shape index (κ2) is 5.02. The molecule has 20 heavy (non-hydrogen) atoms. The van der Waals surface area contributed by atoms with Gasteiger partial charge in [0.05, 0.1) is 5.54 Å². The number of carbonyl (C=O) groups excluding carboxylic acids is 2. The lowest BCUT2D eigenvalue weighted by Crippen LogP contribution is -2.67. The summed E-state index contributed by atoms with van der Waals surface area (Å²) in [6.45, 7) is 6.64. The first kappa shape index (κ1) is 15.3. The lowest BCUT2D eigenvalue weighted by Gasteiger charge is -2.52. The molecule has 114 valence electrons.